The van der Waals surface area contributed by atoms with Gasteiger partial charge in [-0.2, -0.15) is 0 Å². The third-order valence-electron chi connectivity index (χ3n) is 4.39. The van der Waals surface area contributed by atoms with E-state index >= 15 is 0 Å². The highest BCUT2D eigenvalue weighted by Crippen LogP contribution is 2.42. The standard InChI is InChI=1S/C18H19N5O3S/c24-16(25)11-26-22-13-3-7-23(8-4-13)10-12-1-2-15-14(9-12)21-17-18(27-15)20-6-5-19-17/h1-2,5-6,9H,3-4,7-8,10-11H2,(H,19,21)(H,24,25). The van der Waals surface area contributed by atoms with Crippen LogP contribution in [0.4, 0.5) is 11.5 Å². The summed E-state index contributed by atoms with van der Waals surface area (Å²) in [4.78, 5) is 27.5. The van der Waals surface area contributed by atoms with Crippen LogP contribution in [0.1, 0.15) is 18.4 Å². The molecule has 2 aromatic rings. The number of hydrogen-bond acceptors (Lipinski definition) is 8. The number of likely N-dealkylation sites (tertiary alicyclic amines) is 1. The average Bonchev–Trinajstić information content (AvgIpc) is 2.67. The van der Waals surface area contributed by atoms with Crippen molar-refractivity contribution >= 4 is 34.9 Å². The van der Waals surface area contributed by atoms with Crippen LogP contribution in [0.15, 0.2) is 45.7 Å². The largest absolute Gasteiger partial charge is 0.479 e. The maximum Gasteiger partial charge on any atom is 0.344 e. The molecule has 4 rings (SSSR count). The van der Waals surface area contributed by atoms with Gasteiger partial charge in [0.2, 0.25) is 6.61 Å². The number of hydrogen-bond donors (Lipinski definition) is 2. The van der Waals surface area contributed by atoms with E-state index in [1.165, 1.54) is 5.56 Å². The smallest absolute Gasteiger partial charge is 0.344 e. The van der Waals surface area contributed by atoms with Crippen LogP contribution >= 0.6 is 11.8 Å². The van der Waals surface area contributed by atoms with E-state index in [9.17, 15) is 4.79 Å². The molecule has 0 bridgehead atoms. The molecule has 2 N–H and O–H groups in total. The van der Waals surface area contributed by atoms with E-state index in [1.54, 1.807) is 24.2 Å². The number of carboxylic acid groups (broad SMARTS) is 1. The Balaban J connectivity index is 1.34. The van der Waals surface area contributed by atoms with Gasteiger partial charge in [0.05, 0.1) is 11.4 Å². The molecule has 0 spiro atoms. The molecule has 0 radical (unpaired) electrons. The van der Waals surface area contributed by atoms with Gasteiger partial charge < -0.3 is 15.3 Å². The van der Waals surface area contributed by atoms with Crippen molar-refractivity contribution in [1.82, 2.24) is 14.9 Å². The van der Waals surface area contributed by atoms with E-state index in [4.69, 9.17) is 9.94 Å². The first-order valence-electron chi connectivity index (χ1n) is 8.68. The average molecular weight is 385 g/mol. The molecule has 2 aliphatic rings. The number of carboxylic acids is 1. The van der Waals surface area contributed by atoms with Crippen molar-refractivity contribution in [3.05, 3.63) is 36.2 Å². The molecular weight excluding hydrogens is 366 g/mol. The number of anilines is 2. The van der Waals surface area contributed by atoms with Gasteiger partial charge in [-0.25, -0.2) is 14.8 Å². The van der Waals surface area contributed by atoms with Crippen molar-refractivity contribution in [2.75, 3.05) is 25.0 Å². The lowest BCUT2D eigenvalue weighted by Gasteiger charge is -2.28. The Morgan fingerprint density at radius 3 is 2.93 bits per heavy atom. The van der Waals surface area contributed by atoms with Crippen LogP contribution in [0.25, 0.3) is 0 Å². The molecule has 1 fully saturated rings. The van der Waals surface area contributed by atoms with Gasteiger partial charge in [0.15, 0.2) is 5.82 Å². The topological polar surface area (TPSA) is 99.9 Å². The summed E-state index contributed by atoms with van der Waals surface area (Å²) in [6.45, 7) is 2.22. The number of carbonyl (C=O) groups is 1. The van der Waals surface area contributed by atoms with Gasteiger partial charge in [0.1, 0.15) is 5.03 Å². The van der Waals surface area contributed by atoms with Crippen LogP contribution in [-0.4, -0.2) is 51.4 Å². The van der Waals surface area contributed by atoms with E-state index in [-0.39, 0.29) is 6.61 Å². The Hall–Kier alpha value is -2.65. The monoisotopic (exact) mass is 385 g/mol. The summed E-state index contributed by atoms with van der Waals surface area (Å²) in [6, 6.07) is 6.44. The third kappa shape index (κ3) is 4.37. The SMILES string of the molecule is O=C(O)CON=C1CCN(Cc2ccc3c(c2)Nc2nccnc2S3)CC1. The Kier molecular flexibility index (Phi) is 5.21. The summed E-state index contributed by atoms with van der Waals surface area (Å²) in [5.74, 6) is -0.211. The number of benzene rings is 1. The number of aromatic nitrogens is 2. The molecule has 0 saturated carbocycles. The molecule has 0 atom stereocenters. The molecule has 27 heavy (non-hydrogen) atoms. The number of piperidine rings is 1. The predicted molar refractivity (Wildman–Crippen MR) is 101 cm³/mol. The summed E-state index contributed by atoms with van der Waals surface area (Å²) in [6.07, 6.45) is 4.98. The van der Waals surface area contributed by atoms with E-state index in [0.29, 0.717) is 0 Å². The van der Waals surface area contributed by atoms with Gasteiger partial charge in [0, 0.05) is 49.8 Å². The van der Waals surface area contributed by atoms with Crippen LogP contribution < -0.4 is 5.32 Å². The number of nitrogens with one attached hydrogen (secondary N) is 1. The number of oxime groups is 1. The first-order valence-corrected chi connectivity index (χ1v) is 9.50. The van der Waals surface area contributed by atoms with Crippen LogP contribution in [0, 0.1) is 0 Å². The van der Waals surface area contributed by atoms with E-state index < -0.39 is 5.97 Å². The zero-order chi connectivity index (χ0) is 18.6. The number of nitrogens with zero attached hydrogens (tertiary/aromatic N) is 4. The fourth-order valence-corrected chi connectivity index (χ4v) is 3.96. The molecular formula is C18H19N5O3S. The van der Waals surface area contributed by atoms with Crippen LogP contribution in [0.3, 0.4) is 0 Å². The minimum Gasteiger partial charge on any atom is -0.479 e. The molecule has 3 heterocycles. The number of fused-ring (bicyclic) bond motifs is 2. The highest BCUT2D eigenvalue weighted by atomic mass is 32.2. The Bertz CT molecular complexity index is 879. The molecule has 140 valence electrons. The normalized spacial score (nSPS) is 16.1. The molecule has 0 aliphatic carbocycles. The van der Waals surface area contributed by atoms with E-state index in [2.05, 4.69) is 43.5 Å². The highest BCUT2D eigenvalue weighted by Gasteiger charge is 2.20. The number of aliphatic carboxylic acids is 1. The fraction of sp³-hybridized carbons (Fsp3) is 0.333. The Morgan fingerprint density at radius 1 is 1.30 bits per heavy atom. The molecule has 8 nitrogen and oxygen atoms in total. The van der Waals surface area contributed by atoms with Crippen LogP contribution in [-0.2, 0) is 16.2 Å². The summed E-state index contributed by atoms with van der Waals surface area (Å²) >= 11 is 1.63. The lowest BCUT2D eigenvalue weighted by Crippen LogP contribution is -2.33. The summed E-state index contributed by atoms with van der Waals surface area (Å²) in [5, 5.41) is 16.8. The van der Waals surface area contributed by atoms with Gasteiger partial charge in [-0.1, -0.05) is 23.0 Å². The van der Waals surface area contributed by atoms with Crippen molar-refractivity contribution in [2.24, 2.45) is 5.16 Å². The lowest BCUT2D eigenvalue weighted by atomic mass is 10.1. The quantitative estimate of drug-likeness (QED) is 0.647. The maximum atomic E-state index is 10.5. The van der Waals surface area contributed by atoms with E-state index in [1.807, 2.05) is 0 Å². The number of rotatable bonds is 5. The van der Waals surface area contributed by atoms with Crippen LogP contribution in [0.2, 0.25) is 0 Å². The first-order chi connectivity index (χ1) is 13.2. The molecule has 1 saturated heterocycles. The van der Waals surface area contributed by atoms with Gasteiger partial charge in [-0.3, -0.25) is 4.90 Å². The molecule has 1 aromatic heterocycles. The second-order valence-corrected chi connectivity index (χ2v) is 7.40. The fourth-order valence-electron chi connectivity index (χ4n) is 3.08. The summed E-state index contributed by atoms with van der Waals surface area (Å²) in [5.41, 5.74) is 3.22. The van der Waals surface area contributed by atoms with Crippen LogP contribution in [0.5, 0.6) is 0 Å². The second kappa shape index (κ2) is 7.93. The molecule has 1 aromatic carbocycles. The van der Waals surface area contributed by atoms with Crippen molar-refractivity contribution < 1.29 is 14.7 Å². The third-order valence-corrected chi connectivity index (χ3v) is 5.46. The van der Waals surface area contributed by atoms with Crippen molar-refractivity contribution in [3.63, 3.8) is 0 Å². The molecule has 0 unspecified atom stereocenters. The maximum absolute atomic E-state index is 10.5. The Morgan fingerprint density at radius 2 is 2.11 bits per heavy atom. The van der Waals surface area contributed by atoms with E-state index in [0.717, 1.165) is 59.6 Å². The minimum absolute atomic E-state index is 0.388. The predicted octanol–water partition coefficient (Wildman–Crippen LogP) is 2.74. The van der Waals surface area contributed by atoms with Gasteiger partial charge in [-0.05, 0) is 17.7 Å². The molecule has 9 heteroatoms. The highest BCUT2D eigenvalue weighted by molar-refractivity contribution is 7.99. The zero-order valence-electron chi connectivity index (χ0n) is 14.6. The van der Waals surface area contributed by atoms with Gasteiger partial charge >= 0.3 is 5.97 Å². The zero-order valence-corrected chi connectivity index (χ0v) is 15.4. The first kappa shape index (κ1) is 17.7. The lowest BCUT2D eigenvalue weighted by molar-refractivity contribution is -0.142. The Labute approximate surface area is 160 Å². The molecule has 0 amide bonds. The van der Waals surface area contributed by atoms with Gasteiger partial charge in [-0.15, -0.1) is 0 Å². The van der Waals surface area contributed by atoms with Crippen molar-refractivity contribution in [1.29, 1.82) is 0 Å². The summed E-state index contributed by atoms with van der Waals surface area (Å²) < 4.78 is 0. The molecule has 2 aliphatic heterocycles. The minimum atomic E-state index is -1.01. The van der Waals surface area contributed by atoms with Crippen molar-refractivity contribution in [2.45, 2.75) is 29.3 Å². The summed E-state index contributed by atoms with van der Waals surface area (Å²) in [7, 11) is 0. The van der Waals surface area contributed by atoms with Crippen molar-refractivity contribution in [3.8, 4) is 0 Å². The van der Waals surface area contributed by atoms with Gasteiger partial charge in [0.25, 0.3) is 0 Å². The second-order valence-electron chi connectivity index (χ2n) is 6.37.